The van der Waals surface area contributed by atoms with Crippen LogP contribution in [-0.2, 0) is 0 Å². The number of aromatic nitrogens is 2. The van der Waals surface area contributed by atoms with Crippen LogP contribution in [0.5, 0.6) is 17.2 Å². The zero-order valence-corrected chi connectivity index (χ0v) is 25.7. The molecular weight excluding hydrogens is 570 g/mol. The lowest BCUT2D eigenvalue weighted by Gasteiger charge is -2.18. The van der Waals surface area contributed by atoms with Crippen molar-refractivity contribution in [2.75, 3.05) is 13.7 Å². The maximum atomic E-state index is 13.8. The van der Waals surface area contributed by atoms with Crippen LogP contribution >= 0.6 is 15.9 Å². The number of rotatable bonds is 10. The van der Waals surface area contributed by atoms with Crippen LogP contribution in [0.3, 0.4) is 0 Å². The number of halogens is 1. The van der Waals surface area contributed by atoms with E-state index >= 15 is 0 Å². The third-order valence-corrected chi connectivity index (χ3v) is 7.33. The highest BCUT2D eigenvalue weighted by Crippen LogP contribution is 2.38. The first-order chi connectivity index (χ1) is 19.2. The van der Waals surface area contributed by atoms with Crippen LogP contribution in [0.25, 0.3) is 22.3 Å². The summed E-state index contributed by atoms with van der Waals surface area (Å²) in [5.74, 6) is 2.72. The molecule has 0 saturated heterocycles. The van der Waals surface area contributed by atoms with Crippen LogP contribution in [0, 0.1) is 6.92 Å². The SMILES string of the molecule is CCOc1cc(C)c(-c2nc3ccccc3c(=O)n2N=Cc2cc(Br)c(O[C@@H](C)CC)c(OC)c2)cc1C(C)C. The van der Waals surface area contributed by atoms with Crippen molar-refractivity contribution >= 4 is 33.0 Å². The molecule has 3 aromatic carbocycles. The van der Waals surface area contributed by atoms with Crippen molar-refractivity contribution in [2.45, 2.75) is 60.0 Å². The number of nitrogens with zero attached hydrogens (tertiary/aromatic N) is 3. The zero-order chi connectivity index (χ0) is 29.0. The fourth-order valence-corrected chi connectivity index (χ4v) is 4.97. The molecule has 0 N–H and O–H groups in total. The van der Waals surface area contributed by atoms with Crippen molar-refractivity contribution in [3.63, 3.8) is 0 Å². The van der Waals surface area contributed by atoms with Crippen LogP contribution in [0.15, 0.2) is 62.9 Å². The van der Waals surface area contributed by atoms with E-state index in [1.165, 1.54) is 4.68 Å². The molecule has 0 aliphatic rings. The Kier molecular flexibility index (Phi) is 9.30. The number of methoxy groups -OCH3 is 1. The third-order valence-electron chi connectivity index (χ3n) is 6.74. The Morgan fingerprint density at radius 1 is 1.07 bits per heavy atom. The van der Waals surface area contributed by atoms with Crippen LogP contribution < -0.4 is 19.8 Å². The summed E-state index contributed by atoms with van der Waals surface area (Å²) in [7, 11) is 1.60. The molecule has 0 radical (unpaired) electrons. The molecule has 4 aromatic rings. The lowest BCUT2D eigenvalue weighted by atomic mass is 9.96. The molecule has 0 bridgehead atoms. The number of hydrogen-bond acceptors (Lipinski definition) is 6. The molecule has 0 aliphatic carbocycles. The Balaban J connectivity index is 1.90. The highest BCUT2D eigenvalue weighted by Gasteiger charge is 2.19. The first-order valence-corrected chi connectivity index (χ1v) is 14.4. The molecule has 4 rings (SSSR count). The van der Waals surface area contributed by atoms with E-state index in [0.29, 0.717) is 34.8 Å². The summed E-state index contributed by atoms with van der Waals surface area (Å²) in [4.78, 5) is 18.7. The average Bonchev–Trinajstić information content (AvgIpc) is 2.93. The van der Waals surface area contributed by atoms with Crippen molar-refractivity contribution in [2.24, 2.45) is 5.10 Å². The molecule has 8 heteroatoms. The van der Waals surface area contributed by atoms with Gasteiger partial charge in [0.05, 0.1) is 41.4 Å². The van der Waals surface area contributed by atoms with E-state index < -0.39 is 0 Å². The lowest BCUT2D eigenvalue weighted by molar-refractivity contribution is 0.206. The van der Waals surface area contributed by atoms with Crippen LogP contribution in [0.4, 0.5) is 0 Å². The molecule has 0 saturated carbocycles. The van der Waals surface area contributed by atoms with Crippen molar-refractivity contribution in [3.8, 4) is 28.6 Å². The monoisotopic (exact) mass is 605 g/mol. The van der Waals surface area contributed by atoms with E-state index in [-0.39, 0.29) is 17.6 Å². The Morgan fingerprint density at radius 3 is 2.50 bits per heavy atom. The summed E-state index contributed by atoms with van der Waals surface area (Å²) in [6.45, 7) is 12.9. The Hall–Kier alpha value is -3.65. The van der Waals surface area contributed by atoms with E-state index in [2.05, 4.69) is 47.9 Å². The van der Waals surface area contributed by atoms with Crippen molar-refractivity contribution in [3.05, 3.63) is 80.0 Å². The van der Waals surface area contributed by atoms with Gasteiger partial charge < -0.3 is 14.2 Å². The molecule has 1 heterocycles. The second-order valence-electron chi connectivity index (χ2n) is 9.98. The highest BCUT2D eigenvalue weighted by atomic mass is 79.9. The van der Waals surface area contributed by atoms with Gasteiger partial charge in [0.25, 0.3) is 5.56 Å². The molecule has 1 aromatic heterocycles. The molecular formula is C32H36BrN3O4. The quantitative estimate of drug-likeness (QED) is 0.173. The Morgan fingerprint density at radius 2 is 1.82 bits per heavy atom. The van der Waals surface area contributed by atoms with Gasteiger partial charge in [0.15, 0.2) is 17.3 Å². The molecule has 40 heavy (non-hydrogen) atoms. The third kappa shape index (κ3) is 6.07. The van der Waals surface area contributed by atoms with Gasteiger partial charge >= 0.3 is 0 Å². The maximum absolute atomic E-state index is 13.8. The summed E-state index contributed by atoms with van der Waals surface area (Å²) >= 11 is 3.61. The van der Waals surface area contributed by atoms with E-state index in [9.17, 15) is 4.79 Å². The van der Waals surface area contributed by atoms with Gasteiger partial charge in [-0.1, -0.05) is 32.9 Å². The van der Waals surface area contributed by atoms with Crippen molar-refractivity contribution < 1.29 is 14.2 Å². The molecule has 7 nitrogen and oxygen atoms in total. The fourth-order valence-electron chi connectivity index (χ4n) is 4.41. The summed E-state index contributed by atoms with van der Waals surface area (Å²) in [5, 5.41) is 5.16. The minimum Gasteiger partial charge on any atom is -0.494 e. The predicted octanol–water partition coefficient (Wildman–Crippen LogP) is 7.72. The summed E-state index contributed by atoms with van der Waals surface area (Å²) < 4.78 is 19.7. The van der Waals surface area contributed by atoms with Gasteiger partial charge in [0, 0.05) is 5.56 Å². The fraction of sp³-hybridized carbons (Fsp3) is 0.344. The number of ether oxygens (including phenoxy) is 3. The second kappa shape index (κ2) is 12.7. The predicted molar refractivity (Wildman–Crippen MR) is 166 cm³/mol. The minimum atomic E-state index is -0.251. The van der Waals surface area contributed by atoms with Gasteiger partial charge in [-0.2, -0.15) is 9.78 Å². The van der Waals surface area contributed by atoms with E-state index in [0.717, 1.165) is 38.9 Å². The van der Waals surface area contributed by atoms with Gasteiger partial charge in [-0.3, -0.25) is 4.79 Å². The Labute approximate surface area is 243 Å². The molecule has 0 amide bonds. The van der Waals surface area contributed by atoms with Crippen molar-refractivity contribution in [1.82, 2.24) is 9.66 Å². The van der Waals surface area contributed by atoms with Crippen LogP contribution in [-0.4, -0.2) is 35.7 Å². The zero-order valence-electron chi connectivity index (χ0n) is 24.1. The molecule has 210 valence electrons. The second-order valence-corrected chi connectivity index (χ2v) is 10.8. The standard InChI is InChI=1S/C32H36BrN3O4/c1-8-21(6)40-30-26(33)15-22(16-29(30)38-7)18-34-36-31(35-27-13-11-10-12-23(27)32(36)37)25-17-24(19(3)4)28(39-9-2)14-20(25)5/h10-19,21H,8-9H2,1-7H3/t21-/m0/s1. The van der Waals surface area contributed by atoms with Gasteiger partial charge in [0.2, 0.25) is 0 Å². The van der Waals surface area contributed by atoms with Crippen LogP contribution in [0.1, 0.15) is 63.6 Å². The largest absolute Gasteiger partial charge is 0.494 e. The van der Waals surface area contributed by atoms with Gasteiger partial charge in [0.1, 0.15) is 5.75 Å². The first kappa shape index (κ1) is 29.3. The first-order valence-electron chi connectivity index (χ1n) is 13.6. The number of para-hydroxylation sites is 1. The topological polar surface area (TPSA) is 74.9 Å². The number of fused-ring (bicyclic) bond motifs is 1. The van der Waals surface area contributed by atoms with E-state index in [1.807, 2.05) is 57.2 Å². The summed E-state index contributed by atoms with van der Waals surface area (Å²) in [5.41, 5.74) is 3.91. The minimum absolute atomic E-state index is 0.0302. The lowest BCUT2D eigenvalue weighted by Crippen LogP contribution is -2.21. The van der Waals surface area contributed by atoms with Gasteiger partial charge in [-0.05, 0) is 102 Å². The highest BCUT2D eigenvalue weighted by molar-refractivity contribution is 9.10. The smallest absolute Gasteiger partial charge is 0.282 e. The summed E-state index contributed by atoms with van der Waals surface area (Å²) in [6.07, 6.45) is 2.53. The molecule has 0 unspecified atom stereocenters. The number of benzene rings is 3. The number of hydrogen-bond donors (Lipinski definition) is 0. The van der Waals surface area contributed by atoms with Gasteiger partial charge in [-0.15, -0.1) is 0 Å². The normalized spacial score (nSPS) is 12.3. The maximum Gasteiger partial charge on any atom is 0.282 e. The average molecular weight is 607 g/mol. The molecule has 0 fully saturated rings. The van der Waals surface area contributed by atoms with Crippen LogP contribution in [0.2, 0.25) is 0 Å². The van der Waals surface area contributed by atoms with E-state index in [1.54, 1.807) is 19.4 Å². The number of aryl methyl sites for hydroxylation is 1. The van der Waals surface area contributed by atoms with Crippen molar-refractivity contribution in [1.29, 1.82) is 0 Å². The van der Waals surface area contributed by atoms with E-state index in [4.69, 9.17) is 19.2 Å². The molecule has 1 atom stereocenters. The molecule has 0 aliphatic heterocycles. The Bertz CT molecular complexity index is 1610. The molecule has 0 spiro atoms. The summed E-state index contributed by atoms with van der Waals surface area (Å²) in [6, 6.07) is 15.1. The van der Waals surface area contributed by atoms with Gasteiger partial charge in [-0.25, -0.2) is 4.98 Å².